The number of nitrogens with zero attached hydrogens (tertiary/aromatic N) is 4. The largest absolute Gasteiger partial charge is 0.326 e. The second-order valence-electron chi connectivity index (χ2n) is 6.47. The van der Waals surface area contributed by atoms with Gasteiger partial charge in [0.2, 0.25) is 0 Å². The first-order valence-electron chi connectivity index (χ1n) is 8.23. The Labute approximate surface area is 168 Å². The quantitative estimate of drug-likeness (QED) is 0.660. The predicted molar refractivity (Wildman–Crippen MR) is 103 cm³/mol. The molecule has 1 aliphatic rings. The van der Waals surface area contributed by atoms with E-state index >= 15 is 0 Å². The Balaban J connectivity index is 1.70. The van der Waals surface area contributed by atoms with Gasteiger partial charge in [-0.05, 0) is 31.2 Å². The highest BCUT2D eigenvalue weighted by Gasteiger charge is 2.50. The fraction of sp³-hybridized carbons (Fsp3) is 0.167. The molecule has 2 aromatic carbocycles. The number of hydrogen-bond acceptors (Lipinski definition) is 5. The molecule has 0 bridgehead atoms. The van der Waals surface area contributed by atoms with Crippen molar-refractivity contribution in [3.63, 3.8) is 0 Å². The van der Waals surface area contributed by atoms with E-state index in [1.807, 2.05) is 0 Å². The smallest absolute Gasteiger partial charge is 0.319 e. The molecule has 0 spiro atoms. The maximum absolute atomic E-state index is 13.0. The number of fused-ring (bicyclic) bond motifs is 1. The summed E-state index contributed by atoms with van der Waals surface area (Å²) in [5.41, 5.74) is -1.02. The molecule has 1 aromatic heterocycles. The van der Waals surface area contributed by atoms with Crippen LogP contribution in [-0.4, -0.2) is 31.8 Å². The van der Waals surface area contributed by atoms with Gasteiger partial charge in [-0.1, -0.05) is 46.6 Å². The van der Waals surface area contributed by atoms with E-state index in [0.717, 1.165) is 9.58 Å². The van der Waals surface area contributed by atoms with Crippen LogP contribution < -0.4 is 10.9 Å². The molecule has 142 valence electrons. The third kappa shape index (κ3) is 2.81. The van der Waals surface area contributed by atoms with Crippen molar-refractivity contribution in [2.24, 2.45) is 0 Å². The average Bonchev–Trinajstić information content (AvgIpc) is 2.87. The van der Waals surface area contributed by atoms with Crippen LogP contribution in [0.4, 0.5) is 4.79 Å². The number of nitrogens with one attached hydrogen (secondary N) is 1. The molecule has 4 rings (SSSR count). The fourth-order valence-electron chi connectivity index (χ4n) is 3.15. The Hall–Kier alpha value is -2.97. The van der Waals surface area contributed by atoms with E-state index in [1.54, 1.807) is 36.4 Å². The van der Waals surface area contributed by atoms with Crippen LogP contribution in [-0.2, 0) is 17.0 Å². The zero-order chi connectivity index (χ0) is 20.1. The average molecular weight is 418 g/mol. The Kier molecular flexibility index (Phi) is 4.32. The molecular formula is C18H13Cl2N5O3. The number of carbonyl (C=O) groups is 2. The predicted octanol–water partition coefficient (Wildman–Crippen LogP) is 2.52. The van der Waals surface area contributed by atoms with Crippen molar-refractivity contribution in [1.29, 1.82) is 0 Å². The molecule has 1 atom stereocenters. The molecular weight excluding hydrogens is 405 g/mol. The zero-order valence-electron chi connectivity index (χ0n) is 14.5. The fourth-order valence-corrected chi connectivity index (χ4v) is 3.75. The van der Waals surface area contributed by atoms with Crippen molar-refractivity contribution >= 4 is 46.0 Å². The van der Waals surface area contributed by atoms with Gasteiger partial charge in [0, 0.05) is 15.6 Å². The Bertz CT molecular complexity index is 1200. The summed E-state index contributed by atoms with van der Waals surface area (Å²) in [5.74, 6) is -0.566. The molecule has 1 saturated heterocycles. The molecule has 1 fully saturated rings. The minimum Gasteiger partial charge on any atom is -0.319 e. The Morgan fingerprint density at radius 3 is 2.61 bits per heavy atom. The van der Waals surface area contributed by atoms with Crippen molar-refractivity contribution in [3.05, 3.63) is 68.4 Å². The molecule has 10 heteroatoms. The topological polar surface area (TPSA) is 97.2 Å². The van der Waals surface area contributed by atoms with Crippen molar-refractivity contribution in [2.75, 3.05) is 0 Å². The molecule has 3 amide bonds. The molecule has 8 nitrogen and oxygen atoms in total. The number of aromatic nitrogens is 3. The van der Waals surface area contributed by atoms with E-state index in [-0.39, 0.29) is 11.7 Å². The standard InChI is InChI=1S/C18H13Cl2N5O3/c1-18(12-7-6-10(19)8-13(12)20)16(27)24(17(28)21-18)9-25-15(26)11-4-2-3-5-14(11)22-23-25/h2-8H,9H2,1H3,(H,21,28). The SMILES string of the molecule is CC1(c2ccc(Cl)cc2Cl)NC(=O)N(Cn2nnc3ccccc3c2=O)C1=O. The number of imide groups is 1. The van der Waals surface area contributed by atoms with Crippen LogP contribution in [0.1, 0.15) is 12.5 Å². The minimum absolute atomic E-state index is 0.244. The first kappa shape index (κ1) is 18.4. The maximum Gasteiger partial charge on any atom is 0.326 e. The van der Waals surface area contributed by atoms with E-state index in [2.05, 4.69) is 15.6 Å². The van der Waals surface area contributed by atoms with Gasteiger partial charge in [0.15, 0.2) is 0 Å². The van der Waals surface area contributed by atoms with Crippen molar-refractivity contribution in [1.82, 2.24) is 25.2 Å². The minimum atomic E-state index is -1.40. The van der Waals surface area contributed by atoms with Crippen molar-refractivity contribution < 1.29 is 9.59 Å². The zero-order valence-corrected chi connectivity index (χ0v) is 16.0. The van der Waals surface area contributed by atoms with Crippen molar-refractivity contribution in [2.45, 2.75) is 19.1 Å². The molecule has 0 aliphatic carbocycles. The highest BCUT2D eigenvalue weighted by atomic mass is 35.5. The van der Waals surface area contributed by atoms with Crippen molar-refractivity contribution in [3.8, 4) is 0 Å². The lowest BCUT2D eigenvalue weighted by atomic mass is 9.92. The molecule has 1 N–H and O–H groups in total. The number of amides is 3. The number of benzene rings is 2. The van der Waals surface area contributed by atoms with Gasteiger partial charge in [0.25, 0.3) is 11.5 Å². The Morgan fingerprint density at radius 1 is 1.11 bits per heavy atom. The van der Waals surface area contributed by atoms with Crippen LogP contribution in [0.2, 0.25) is 10.0 Å². The molecule has 0 radical (unpaired) electrons. The third-order valence-electron chi connectivity index (χ3n) is 4.65. The summed E-state index contributed by atoms with van der Waals surface area (Å²) in [6, 6.07) is 10.7. The number of hydrogen-bond donors (Lipinski definition) is 1. The normalized spacial score (nSPS) is 19.3. The van der Waals surface area contributed by atoms with Crippen LogP contribution in [0.3, 0.4) is 0 Å². The Morgan fingerprint density at radius 2 is 1.86 bits per heavy atom. The lowest BCUT2D eigenvalue weighted by Gasteiger charge is -2.23. The van der Waals surface area contributed by atoms with E-state index in [9.17, 15) is 14.4 Å². The van der Waals surface area contributed by atoms with Crippen LogP contribution in [0.25, 0.3) is 10.9 Å². The second kappa shape index (κ2) is 6.57. The lowest BCUT2D eigenvalue weighted by molar-refractivity contribution is -0.132. The molecule has 0 saturated carbocycles. The number of carbonyl (C=O) groups excluding carboxylic acids is 2. The van der Waals surface area contributed by atoms with Gasteiger partial charge in [0.1, 0.15) is 17.7 Å². The van der Waals surface area contributed by atoms with Gasteiger partial charge in [-0.25, -0.2) is 9.69 Å². The number of urea groups is 1. The molecule has 2 heterocycles. The van der Waals surface area contributed by atoms with Gasteiger partial charge in [0.05, 0.1) is 5.39 Å². The number of halogens is 2. The summed E-state index contributed by atoms with van der Waals surface area (Å²) < 4.78 is 0.967. The summed E-state index contributed by atoms with van der Waals surface area (Å²) in [6.07, 6.45) is 0. The molecule has 3 aromatic rings. The molecule has 1 unspecified atom stereocenters. The summed E-state index contributed by atoms with van der Waals surface area (Å²) in [4.78, 5) is 39.0. The van der Waals surface area contributed by atoms with Crippen LogP contribution >= 0.6 is 23.2 Å². The van der Waals surface area contributed by atoms with E-state index < -0.39 is 23.0 Å². The summed E-state index contributed by atoms with van der Waals surface area (Å²) in [5, 5.41) is 11.4. The van der Waals surface area contributed by atoms with Gasteiger partial charge >= 0.3 is 6.03 Å². The first-order chi connectivity index (χ1) is 13.3. The van der Waals surface area contributed by atoms with Crippen LogP contribution in [0.5, 0.6) is 0 Å². The molecule has 28 heavy (non-hydrogen) atoms. The lowest BCUT2D eigenvalue weighted by Crippen LogP contribution is -2.42. The van der Waals surface area contributed by atoms with Gasteiger partial charge in [-0.2, -0.15) is 4.68 Å². The van der Waals surface area contributed by atoms with Gasteiger partial charge < -0.3 is 5.32 Å². The van der Waals surface area contributed by atoms with E-state index in [1.165, 1.54) is 13.0 Å². The monoisotopic (exact) mass is 417 g/mol. The van der Waals surface area contributed by atoms with Gasteiger partial charge in [-0.3, -0.25) is 9.59 Å². The van der Waals surface area contributed by atoms with E-state index in [4.69, 9.17) is 23.2 Å². The van der Waals surface area contributed by atoms with Gasteiger partial charge in [-0.15, -0.1) is 5.10 Å². The maximum atomic E-state index is 13.0. The summed E-state index contributed by atoms with van der Waals surface area (Å²) >= 11 is 12.1. The molecule has 1 aliphatic heterocycles. The highest BCUT2D eigenvalue weighted by Crippen LogP contribution is 2.35. The summed E-state index contributed by atoms with van der Waals surface area (Å²) in [7, 11) is 0. The second-order valence-corrected chi connectivity index (χ2v) is 7.31. The third-order valence-corrected chi connectivity index (χ3v) is 5.20. The summed E-state index contributed by atoms with van der Waals surface area (Å²) in [6.45, 7) is 1.17. The first-order valence-corrected chi connectivity index (χ1v) is 8.99. The van der Waals surface area contributed by atoms with E-state index in [0.29, 0.717) is 21.5 Å². The highest BCUT2D eigenvalue weighted by molar-refractivity contribution is 6.35. The number of rotatable bonds is 3. The van der Waals surface area contributed by atoms with Crippen LogP contribution in [0, 0.1) is 0 Å². The van der Waals surface area contributed by atoms with Crippen LogP contribution in [0.15, 0.2) is 47.3 Å².